The average molecular weight is 422 g/mol. The van der Waals surface area contributed by atoms with E-state index in [0.29, 0.717) is 6.61 Å². The van der Waals surface area contributed by atoms with Gasteiger partial charge in [0.1, 0.15) is 17.1 Å². The van der Waals surface area contributed by atoms with Gasteiger partial charge >= 0.3 is 0 Å². The van der Waals surface area contributed by atoms with Crippen LogP contribution in [0.4, 0.5) is 0 Å². The van der Waals surface area contributed by atoms with Crippen molar-refractivity contribution < 1.29 is 19.3 Å². The summed E-state index contributed by atoms with van der Waals surface area (Å²) in [7, 11) is 5.13. The van der Waals surface area contributed by atoms with Gasteiger partial charge in [0.25, 0.3) is 0 Å². The smallest absolute Gasteiger partial charge is 0.143 e. The summed E-state index contributed by atoms with van der Waals surface area (Å²) < 4.78 is 17.5. The highest BCUT2D eigenvalue weighted by Gasteiger charge is 2.38. The topological polar surface area (TPSA) is 60.0 Å². The lowest BCUT2D eigenvalue weighted by molar-refractivity contribution is -0.0192. The first-order valence-electron chi connectivity index (χ1n) is 10.4. The molecular weight excluding hydrogens is 390 g/mol. The van der Waals surface area contributed by atoms with Crippen LogP contribution in [0.25, 0.3) is 0 Å². The highest BCUT2D eigenvalue weighted by Crippen LogP contribution is 2.41. The van der Waals surface area contributed by atoms with E-state index >= 15 is 0 Å². The van der Waals surface area contributed by atoms with Gasteiger partial charge in [0.2, 0.25) is 0 Å². The monoisotopic (exact) mass is 421 g/mol. The molecule has 0 aromatic heterocycles. The van der Waals surface area contributed by atoms with Gasteiger partial charge in [-0.15, -0.1) is 0 Å². The number of aliphatic hydroxyl groups excluding tert-OH is 1. The maximum Gasteiger partial charge on any atom is 0.143 e. The van der Waals surface area contributed by atoms with Gasteiger partial charge in [-0.2, -0.15) is 0 Å². The molecule has 5 nitrogen and oxygen atoms in total. The van der Waals surface area contributed by atoms with Gasteiger partial charge in [-0.3, -0.25) is 0 Å². The third kappa shape index (κ3) is 4.90. The van der Waals surface area contributed by atoms with Crippen LogP contribution in [0.2, 0.25) is 0 Å². The van der Waals surface area contributed by atoms with Gasteiger partial charge in [-0.1, -0.05) is 54.6 Å². The van der Waals surface area contributed by atoms with Crippen molar-refractivity contribution >= 4 is 0 Å². The molecule has 164 valence electrons. The van der Waals surface area contributed by atoms with E-state index in [9.17, 15) is 5.11 Å². The number of hydrogen-bond donors (Lipinski definition) is 2. The van der Waals surface area contributed by atoms with E-state index in [-0.39, 0.29) is 6.04 Å². The second-order valence-corrected chi connectivity index (χ2v) is 7.45. The highest BCUT2D eigenvalue weighted by atomic mass is 16.5. The lowest BCUT2D eigenvalue weighted by Gasteiger charge is -2.37. The van der Waals surface area contributed by atoms with Gasteiger partial charge in [0.15, 0.2) is 0 Å². The molecule has 0 heterocycles. The van der Waals surface area contributed by atoms with Crippen LogP contribution in [0, 0.1) is 0 Å². The van der Waals surface area contributed by atoms with Crippen LogP contribution in [0.1, 0.15) is 23.6 Å². The molecule has 2 unspecified atom stereocenters. The maximum atomic E-state index is 10.2. The molecule has 0 amide bonds. The molecule has 0 fully saturated rings. The van der Waals surface area contributed by atoms with Crippen LogP contribution < -0.4 is 14.8 Å². The quantitative estimate of drug-likeness (QED) is 0.485. The Morgan fingerprint density at radius 2 is 1.23 bits per heavy atom. The summed E-state index contributed by atoms with van der Waals surface area (Å²) in [5.41, 5.74) is 2.03. The van der Waals surface area contributed by atoms with Crippen LogP contribution in [0.3, 0.4) is 0 Å². The van der Waals surface area contributed by atoms with Crippen molar-refractivity contribution in [2.45, 2.75) is 24.7 Å². The fraction of sp³-hybridized carbons (Fsp3) is 0.308. The molecule has 0 saturated heterocycles. The van der Waals surface area contributed by atoms with E-state index in [1.165, 1.54) is 0 Å². The Bertz CT molecular complexity index is 876. The summed E-state index contributed by atoms with van der Waals surface area (Å²) in [5.74, 6) is 1.55. The van der Waals surface area contributed by atoms with Gasteiger partial charge in [0, 0.05) is 0 Å². The van der Waals surface area contributed by atoms with E-state index in [2.05, 4.69) is 17.4 Å². The molecule has 0 saturated carbocycles. The largest absolute Gasteiger partial charge is 0.497 e. The highest BCUT2D eigenvalue weighted by molar-refractivity contribution is 5.49. The van der Waals surface area contributed by atoms with E-state index in [1.54, 1.807) is 21.1 Å². The third-order valence-electron chi connectivity index (χ3n) is 5.61. The molecule has 0 aliphatic carbocycles. The van der Waals surface area contributed by atoms with E-state index in [0.717, 1.165) is 28.2 Å². The predicted octanol–water partition coefficient (Wildman–Crippen LogP) is 3.98. The number of likely N-dealkylation sites (N-methyl/N-ethyl adjacent to an activating group) is 1. The lowest BCUT2D eigenvalue weighted by atomic mass is 9.80. The Labute approximate surface area is 184 Å². The van der Waals surface area contributed by atoms with Crippen LogP contribution in [-0.2, 0) is 10.3 Å². The van der Waals surface area contributed by atoms with Crippen molar-refractivity contribution in [3.8, 4) is 11.5 Å². The Kier molecular flexibility index (Phi) is 7.69. The second kappa shape index (κ2) is 10.4. The van der Waals surface area contributed by atoms with Crippen molar-refractivity contribution in [2.24, 2.45) is 0 Å². The number of benzene rings is 3. The molecule has 3 aromatic rings. The summed E-state index contributed by atoms with van der Waals surface area (Å²) in [6.07, 6.45) is -0.565. The van der Waals surface area contributed by atoms with Crippen LogP contribution in [0.15, 0.2) is 78.9 Å². The Morgan fingerprint density at radius 1 is 0.774 bits per heavy atom. The van der Waals surface area contributed by atoms with Crippen molar-refractivity contribution in [1.82, 2.24) is 5.32 Å². The van der Waals surface area contributed by atoms with E-state index in [1.807, 2.05) is 73.8 Å². The minimum absolute atomic E-state index is 0.223. The van der Waals surface area contributed by atoms with Gasteiger partial charge in [-0.25, -0.2) is 0 Å². The normalized spacial score (nSPS) is 13.5. The number of ether oxygens (including phenoxy) is 3. The molecule has 3 aromatic carbocycles. The lowest BCUT2D eigenvalue weighted by Crippen LogP contribution is -2.44. The van der Waals surface area contributed by atoms with Gasteiger partial charge in [0.05, 0.1) is 33.0 Å². The van der Waals surface area contributed by atoms with Crippen molar-refractivity contribution in [3.63, 3.8) is 0 Å². The Balaban J connectivity index is 2.20. The molecule has 0 spiro atoms. The number of rotatable bonds is 10. The minimum atomic E-state index is -0.885. The van der Waals surface area contributed by atoms with Crippen molar-refractivity contribution in [1.29, 1.82) is 0 Å². The fourth-order valence-electron chi connectivity index (χ4n) is 3.75. The molecule has 3 rings (SSSR count). The summed E-state index contributed by atoms with van der Waals surface area (Å²) in [6, 6.07) is 25.7. The minimum Gasteiger partial charge on any atom is -0.497 e. The number of aliphatic hydroxyl groups is 1. The fourth-order valence-corrected chi connectivity index (χ4v) is 3.75. The molecule has 2 N–H and O–H groups in total. The van der Waals surface area contributed by atoms with Crippen molar-refractivity contribution in [3.05, 3.63) is 95.6 Å². The summed E-state index contributed by atoms with van der Waals surface area (Å²) in [4.78, 5) is 0. The zero-order valence-electron chi connectivity index (χ0n) is 18.5. The molecule has 5 heteroatoms. The first kappa shape index (κ1) is 22.8. The molecule has 0 aliphatic rings. The maximum absolute atomic E-state index is 10.2. The van der Waals surface area contributed by atoms with Crippen LogP contribution >= 0.6 is 0 Å². The number of methoxy groups -OCH3 is 2. The zero-order valence-corrected chi connectivity index (χ0v) is 18.5. The van der Waals surface area contributed by atoms with Crippen LogP contribution in [0.5, 0.6) is 11.5 Å². The van der Waals surface area contributed by atoms with Gasteiger partial charge < -0.3 is 24.6 Å². The zero-order chi connectivity index (χ0) is 22.3. The molecule has 0 aliphatic heterocycles. The van der Waals surface area contributed by atoms with E-state index < -0.39 is 11.7 Å². The van der Waals surface area contributed by atoms with Gasteiger partial charge in [-0.05, 0) is 54.9 Å². The molecule has 0 radical (unpaired) electrons. The standard InChI is InChI=1S/C26H31NO4/c1-19(28)25(27-2)18-31-26(20-8-6-5-7-9-20,21-10-14-23(29-3)15-11-21)22-12-16-24(30-4)17-13-22/h5-17,19,25,27-28H,18H2,1-4H3. The summed E-state index contributed by atoms with van der Waals surface area (Å²) in [6.45, 7) is 2.07. The van der Waals surface area contributed by atoms with Crippen LogP contribution in [-0.4, -0.2) is 45.1 Å². The first-order chi connectivity index (χ1) is 15.0. The molecule has 0 bridgehead atoms. The first-order valence-corrected chi connectivity index (χ1v) is 10.4. The number of hydrogen-bond acceptors (Lipinski definition) is 5. The summed E-state index contributed by atoms with van der Waals surface area (Å²) >= 11 is 0. The SMILES string of the molecule is CNC(COC(c1ccccc1)(c1ccc(OC)cc1)c1ccc(OC)cc1)C(C)O. The third-order valence-corrected chi connectivity index (χ3v) is 5.61. The molecular formula is C26H31NO4. The summed E-state index contributed by atoms with van der Waals surface area (Å²) in [5, 5.41) is 13.3. The number of nitrogens with one attached hydrogen (secondary N) is 1. The average Bonchev–Trinajstić information content (AvgIpc) is 2.83. The second-order valence-electron chi connectivity index (χ2n) is 7.45. The Morgan fingerprint density at radius 3 is 1.61 bits per heavy atom. The Hall–Kier alpha value is -2.86. The molecule has 2 atom stereocenters. The van der Waals surface area contributed by atoms with E-state index in [4.69, 9.17) is 14.2 Å². The van der Waals surface area contributed by atoms with Crippen molar-refractivity contribution in [2.75, 3.05) is 27.9 Å². The molecule has 31 heavy (non-hydrogen) atoms. The predicted molar refractivity (Wildman–Crippen MR) is 123 cm³/mol.